The Balaban J connectivity index is 1.78. The van der Waals surface area contributed by atoms with Crippen molar-refractivity contribution in [3.05, 3.63) is 52.1 Å². The molecule has 1 aromatic carbocycles. The van der Waals surface area contributed by atoms with E-state index in [1.807, 2.05) is 0 Å². The Hall–Kier alpha value is -2.45. The molecule has 0 bridgehead atoms. The molecule has 1 saturated heterocycles. The lowest BCUT2D eigenvalue weighted by molar-refractivity contribution is -0.141. The van der Waals surface area contributed by atoms with Gasteiger partial charge in [-0.05, 0) is 24.6 Å². The third kappa shape index (κ3) is 4.45. The van der Waals surface area contributed by atoms with Gasteiger partial charge in [-0.2, -0.15) is 5.10 Å². The monoisotopic (exact) mass is 395 g/mol. The van der Waals surface area contributed by atoms with Crippen LogP contribution in [0.5, 0.6) is 0 Å². The summed E-state index contributed by atoms with van der Waals surface area (Å²) in [5.41, 5.74) is 1.57. The molecule has 1 fully saturated rings. The van der Waals surface area contributed by atoms with Gasteiger partial charge in [0.05, 0.1) is 36.9 Å². The van der Waals surface area contributed by atoms with Crippen molar-refractivity contribution in [2.75, 3.05) is 19.7 Å². The lowest BCUT2D eigenvalue weighted by Gasteiger charge is -2.32. The van der Waals surface area contributed by atoms with Crippen LogP contribution in [0.2, 0.25) is 5.15 Å². The first-order chi connectivity index (χ1) is 12.8. The average molecular weight is 396 g/mol. The summed E-state index contributed by atoms with van der Waals surface area (Å²) in [4.78, 5) is 25.3. The Morgan fingerprint density at radius 1 is 1.37 bits per heavy atom. The molecule has 144 valence electrons. The standard InChI is InChI=1S/C18H19ClFN3O4/c1-11-16(18(26)22-6-7-27-14(10-22)8-15(24)25)17(19)23(21-11)9-12-2-4-13(20)5-3-12/h2-5,14H,6-10H2,1H3,(H,24,25)/t14-/m0/s1. The quantitative estimate of drug-likeness (QED) is 0.840. The summed E-state index contributed by atoms with van der Waals surface area (Å²) >= 11 is 6.40. The summed E-state index contributed by atoms with van der Waals surface area (Å²) in [6.45, 7) is 2.80. The van der Waals surface area contributed by atoms with Crippen molar-refractivity contribution in [2.45, 2.75) is 26.0 Å². The summed E-state index contributed by atoms with van der Waals surface area (Å²) < 4.78 is 19.9. The van der Waals surface area contributed by atoms with E-state index in [-0.39, 0.29) is 42.0 Å². The first-order valence-electron chi connectivity index (χ1n) is 8.45. The van der Waals surface area contributed by atoms with Crippen LogP contribution in [0.25, 0.3) is 0 Å². The lowest BCUT2D eigenvalue weighted by atomic mass is 10.1. The SMILES string of the molecule is Cc1nn(Cc2ccc(F)cc2)c(Cl)c1C(=O)N1CCO[C@@H](CC(=O)O)C1. The number of benzene rings is 1. The zero-order chi connectivity index (χ0) is 19.6. The molecule has 3 rings (SSSR count). The number of carbonyl (C=O) groups excluding carboxylic acids is 1. The highest BCUT2D eigenvalue weighted by Gasteiger charge is 2.30. The number of halogens is 2. The van der Waals surface area contributed by atoms with Crippen LogP contribution in [0.15, 0.2) is 24.3 Å². The van der Waals surface area contributed by atoms with E-state index in [0.29, 0.717) is 18.8 Å². The van der Waals surface area contributed by atoms with Crippen LogP contribution in [0, 0.1) is 12.7 Å². The number of aryl methyl sites for hydroxylation is 1. The first-order valence-corrected chi connectivity index (χ1v) is 8.83. The maximum Gasteiger partial charge on any atom is 0.306 e. The van der Waals surface area contributed by atoms with Crippen LogP contribution in [-0.2, 0) is 16.1 Å². The minimum absolute atomic E-state index is 0.166. The van der Waals surface area contributed by atoms with Gasteiger partial charge in [0, 0.05) is 13.1 Å². The second-order valence-corrected chi connectivity index (χ2v) is 6.74. The van der Waals surface area contributed by atoms with Crippen LogP contribution in [0.4, 0.5) is 4.39 Å². The summed E-state index contributed by atoms with van der Waals surface area (Å²) in [6.07, 6.45) is -0.714. The Morgan fingerprint density at radius 3 is 2.74 bits per heavy atom. The molecule has 0 unspecified atom stereocenters. The second-order valence-electron chi connectivity index (χ2n) is 6.38. The molecule has 1 amide bonds. The lowest BCUT2D eigenvalue weighted by Crippen LogP contribution is -2.46. The Kier molecular flexibility index (Phi) is 5.76. The number of nitrogens with zero attached hydrogens (tertiary/aromatic N) is 3. The van der Waals surface area contributed by atoms with Crippen LogP contribution in [-0.4, -0.2) is 57.5 Å². The zero-order valence-electron chi connectivity index (χ0n) is 14.7. The molecule has 7 nitrogen and oxygen atoms in total. The fraction of sp³-hybridized carbons (Fsp3) is 0.389. The van der Waals surface area contributed by atoms with E-state index >= 15 is 0 Å². The molecular formula is C18H19ClFN3O4. The van der Waals surface area contributed by atoms with E-state index in [9.17, 15) is 14.0 Å². The smallest absolute Gasteiger partial charge is 0.306 e. The van der Waals surface area contributed by atoms with E-state index in [0.717, 1.165) is 5.56 Å². The molecule has 27 heavy (non-hydrogen) atoms. The second kappa shape index (κ2) is 8.06. The molecular weight excluding hydrogens is 377 g/mol. The number of carboxylic acid groups (broad SMARTS) is 1. The van der Waals surface area contributed by atoms with Crippen LogP contribution < -0.4 is 0 Å². The van der Waals surface area contributed by atoms with E-state index in [2.05, 4.69) is 5.10 Å². The fourth-order valence-corrected chi connectivity index (χ4v) is 3.36. The molecule has 2 aromatic rings. The molecule has 2 heterocycles. The molecule has 1 atom stereocenters. The predicted molar refractivity (Wildman–Crippen MR) is 95.4 cm³/mol. The summed E-state index contributed by atoms with van der Waals surface area (Å²) in [5.74, 6) is -1.61. The minimum Gasteiger partial charge on any atom is -0.481 e. The predicted octanol–water partition coefficient (Wildman–Crippen LogP) is 2.35. The highest BCUT2D eigenvalue weighted by atomic mass is 35.5. The van der Waals surface area contributed by atoms with E-state index in [1.165, 1.54) is 21.7 Å². The molecule has 0 radical (unpaired) electrons. The van der Waals surface area contributed by atoms with Gasteiger partial charge < -0.3 is 14.7 Å². The number of rotatable bonds is 5. The van der Waals surface area contributed by atoms with Gasteiger partial charge in [-0.15, -0.1) is 0 Å². The molecule has 1 N–H and O–H groups in total. The summed E-state index contributed by atoms with van der Waals surface area (Å²) in [7, 11) is 0. The summed E-state index contributed by atoms with van der Waals surface area (Å²) in [5, 5.41) is 13.4. The largest absolute Gasteiger partial charge is 0.481 e. The summed E-state index contributed by atoms with van der Waals surface area (Å²) in [6, 6.07) is 5.95. The third-order valence-electron chi connectivity index (χ3n) is 4.35. The fourth-order valence-electron chi connectivity index (χ4n) is 3.04. The normalized spacial score (nSPS) is 17.1. The number of ether oxygens (including phenoxy) is 1. The van der Waals surface area contributed by atoms with E-state index < -0.39 is 12.1 Å². The Labute approximate surface area is 160 Å². The Bertz CT molecular complexity index is 853. The van der Waals surface area contributed by atoms with Crippen molar-refractivity contribution < 1.29 is 23.8 Å². The van der Waals surface area contributed by atoms with Gasteiger partial charge in [-0.1, -0.05) is 23.7 Å². The molecule has 1 aromatic heterocycles. The number of aliphatic carboxylic acids is 1. The third-order valence-corrected chi connectivity index (χ3v) is 4.74. The van der Waals surface area contributed by atoms with Gasteiger partial charge in [-0.3, -0.25) is 9.59 Å². The molecule has 0 saturated carbocycles. The number of amides is 1. The van der Waals surface area contributed by atoms with Crippen molar-refractivity contribution in [1.29, 1.82) is 0 Å². The number of carboxylic acids is 1. The molecule has 9 heteroatoms. The van der Waals surface area contributed by atoms with Gasteiger partial charge in [0.25, 0.3) is 5.91 Å². The number of hydrogen-bond donors (Lipinski definition) is 1. The van der Waals surface area contributed by atoms with Crippen molar-refractivity contribution in [3.8, 4) is 0 Å². The topological polar surface area (TPSA) is 84.7 Å². The molecule has 0 spiro atoms. The molecule has 1 aliphatic rings. The van der Waals surface area contributed by atoms with Gasteiger partial charge in [0.2, 0.25) is 0 Å². The first kappa shape index (κ1) is 19.3. The number of morpholine rings is 1. The van der Waals surface area contributed by atoms with Crippen molar-refractivity contribution in [2.24, 2.45) is 0 Å². The average Bonchev–Trinajstić information content (AvgIpc) is 2.89. The highest BCUT2D eigenvalue weighted by Crippen LogP contribution is 2.24. The number of carbonyl (C=O) groups is 2. The zero-order valence-corrected chi connectivity index (χ0v) is 15.4. The van der Waals surface area contributed by atoms with Gasteiger partial charge >= 0.3 is 5.97 Å². The van der Waals surface area contributed by atoms with Crippen molar-refractivity contribution in [3.63, 3.8) is 0 Å². The highest BCUT2D eigenvalue weighted by molar-refractivity contribution is 6.33. The van der Waals surface area contributed by atoms with Gasteiger partial charge in [-0.25, -0.2) is 9.07 Å². The van der Waals surface area contributed by atoms with Crippen LogP contribution in [0.1, 0.15) is 28.0 Å². The Morgan fingerprint density at radius 2 is 2.07 bits per heavy atom. The molecule has 1 aliphatic heterocycles. The van der Waals surface area contributed by atoms with E-state index in [4.69, 9.17) is 21.4 Å². The van der Waals surface area contributed by atoms with Gasteiger partial charge in [0.15, 0.2) is 0 Å². The van der Waals surface area contributed by atoms with Gasteiger partial charge in [0.1, 0.15) is 11.0 Å². The maximum atomic E-state index is 13.0. The van der Waals surface area contributed by atoms with Crippen LogP contribution >= 0.6 is 11.6 Å². The minimum atomic E-state index is -0.976. The van der Waals surface area contributed by atoms with Crippen molar-refractivity contribution >= 4 is 23.5 Å². The molecule has 0 aliphatic carbocycles. The van der Waals surface area contributed by atoms with Crippen molar-refractivity contribution in [1.82, 2.24) is 14.7 Å². The number of hydrogen-bond acceptors (Lipinski definition) is 4. The van der Waals surface area contributed by atoms with E-state index in [1.54, 1.807) is 19.1 Å². The van der Waals surface area contributed by atoms with Crippen LogP contribution in [0.3, 0.4) is 0 Å². The number of aromatic nitrogens is 2. The maximum absolute atomic E-state index is 13.0.